The predicted octanol–water partition coefficient (Wildman–Crippen LogP) is 2.73. The summed E-state index contributed by atoms with van der Waals surface area (Å²) in [6, 6.07) is 10.2. The van der Waals surface area contributed by atoms with Gasteiger partial charge in [0.25, 0.3) is 5.56 Å². The quantitative estimate of drug-likeness (QED) is 0.870. The van der Waals surface area contributed by atoms with Crippen LogP contribution in [0.4, 0.5) is 16.2 Å². The first-order valence-corrected chi connectivity index (χ1v) is 9.07. The number of aromatic nitrogens is 1. The van der Waals surface area contributed by atoms with Gasteiger partial charge in [-0.05, 0) is 56.5 Å². The normalized spacial score (nSPS) is 13.5. The van der Waals surface area contributed by atoms with Crippen LogP contribution in [-0.2, 0) is 11.3 Å². The molecule has 0 spiro atoms. The Morgan fingerprint density at radius 3 is 2.48 bits per heavy atom. The fourth-order valence-corrected chi connectivity index (χ4v) is 3.17. The summed E-state index contributed by atoms with van der Waals surface area (Å²) in [6.07, 6.45) is 2.00. The molecule has 0 saturated carbocycles. The molecule has 142 valence electrons. The lowest BCUT2D eigenvalue weighted by atomic mass is 10.2. The van der Waals surface area contributed by atoms with E-state index in [1.54, 1.807) is 30.0 Å². The minimum absolute atomic E-state index is 0.0142. The van der Waals surface area contributed by atoms with Crippen LogP contribution in [-0.4, -0.2) is 34.5 Å². The summed E-state index contributed by atoms with van der Waals surface area (Å²) in [7, 11) is 0. The summed E-state index contributed by atoms with van der Waals surface area (Å²) < 4.78 is 1.41. The van der Waals surface area contributed by atoms with Crippen LogP contribution in [0.3, 0.4) is 0 Å². The van der Waals surface area contributed by atoms with Crippen molar-refractivity contribution in [3.8, 4) is 0 Å². The zero-order valence-electron chi connectivity index (χ0n) is 15.6. The van der Waals surface area contributed by atoms with Gasteiger partial charge in [-0.1, -0.05) is 12.1 Å². The number of urea groups is 1. The third kappa shape index (κ3) is 4.55. The Morgan fingerprint density at radius 1 is 1.04 bits per heavy atom. The topological polar surface area (TPSA) is 83.4 Å². The van der Waals surface area contributed by atoms with E-state index in [-0.39, 0.29) is 23.7 Å². The van der Waals surface area contributed by atoms with Crippen LogP contribution < -0.4 is 16.2 Å². The zero-order valence-corrected chi connectivity index (χ0v) is 15.6. The molecule has 1 fully saturated rings. The van der Waals surface area contributed by atoms with E-state index >= 15 is 0 Å². The predicted molar refractivity (Wildman–Crippen MR) is 105 cm³/mol. The third-order valence-electron chi connectivity index (χ3n) is 4.67. The van der Waals surface area contributed by atoms with E-state index in [0.29, 0.717) is 11.4 Å². The number of hydrogen-bond donors (Lipinski definition) is 2. The van der Waals surface area contributed by atoms with Crippen LogP contribution in [0.25, 0.3) is 0 Å². The highest BCUT2D eigenvalue weighted by Gasteiger charge is 2.20. The van der Waals surface area contributed by atoms with Gasteiger partial charge >= 0.3 is 6.03 Å². The van der Waals surface area contributed by atoms with Crippen molar-refractivity contribution in [2.45, 2.75) is 33.2 Å². The highest BCUT2D eigenvalue weighted by Crippen LogP contribution is 2.12. The highest BCUT2D eigenvalue weighted by atomic mass is 16.2. The Hall–Kier alpha value is -3.09. The maximum Gasteiger partial charge on any atom is 0.323 e. The van der Waals surface area contributed by atoms with E-state index in [9.17, 15) is 14.4 Å². The highest BCUT2D eigenvalue weighted by molar-refractivity contribution is 5.99. The molecule has 7 nitrogen and oxygen atoms in total. The SMILES string of the molecule is Cc1cccc(NC(=O)Nc2ccc(C)n(CC(=O)N3CCCC3)c2=O)c1. The molecule has 0 unspecified atom stereocenters. The number of carbonyl (C=O) groups is 2. The van der Waals surface area contributed by atoms with Crippen LogP contribution in [0.15, 0.2) is 41.2 Å². The van der Waals surface area contributed by atoms with Gasteiger partial charge in [0.05, 0.1) is 0 Å². The van der Waals surface area contributed by atoms with E-state index in [1.165, 1.54) is 4.57 Å². The van der Waals surface area contributed by atoms with Crippen molar-refractivity contribution in [1.29, 1.82) is 0 Å². The minimum atomic E-state index is -0.501. The van der Waals surface area contributed by atoms with Gasteiger partial charge < -0.3 is 20.1 Å². The van der Waals surface area contributed by atoms with Crippen molar-refractivity contribution < 1.29 is 9.59 Å². The van der Waals surface area contributed by atoms with Gasteiger partial charge in [-0.3, -0.25) is 9.59 Å². The molecule has 1 aromatic carbocycles. The molecule has 1 aromatic heterocycles. The number of benzene rings is 1. The molecule has 27 heavy (non-hydrogen) atoms. The van der Waals surface area contributed by atoms with Gasteiger partial charge in [-0.25, -0.2) is 4.79 Å². The molecule has 7 heteroatoms. The molecule has 2 heterocycles. The Labute approximate surface area is 158 Å². The maximum absolute atomic E-state index is 12.7. The van der Waals surface area contributed by atoms with Crippen LogP contribution in [0.2, 0.25) is 0 Å². The molecule has 2 aromatic rings. The van der Waals surface area contributed by atoms with Crippen LogP contribution in [0.1, 0.15) is 24.1 Å². The Bertz CT molecular complexity index is 914. The summed E-state index contributed by atoms with van der Waals surface area (Å²) in [4.78, 5) is 39.1. The van der Waals surface area contributed by atoms with E-state index in [2.05, 4.69) is 10.6 Å². The van der Waals surface area contributed by atoms with E-state index in [4.69, 9.17) is 0 Å². The third-order valence-corrected chi connectivity index (χ3v) is 4.67. The summed E-state index contributed by atoms with van der Waals surface area (Å²) in [5, 5.41) is 5.28. The molecule has 1 saturated heterocycles. The second-order valence-electron chi connectivity index (χ2n) is 6.82. The largest absolute Gasteiger partial charge is 0.341 e. The number of nitrogens with zero attached hydrogens (tertiary/aromatic N) is 2. The van der Waals surface area contributed by atoms with Gasteiger partial charge in [0, 0.05) is 24.5 Å². The summed E-state index contributed by atoms with van der Waals surface area (Å²) >= 11 is 0. The Morgan fingerprint density at radius 2 is 1.78 bits per heavy atom. The average molecular weight is 368 g/mol. The maximum atomic E-state index is 12.7. The second-order valence-corrected chi connectivity index (χ2v) is 6.82. The van der Waals surface area contributed by atoms with E-state index in [1.807, 2.05) is 25.1 Å². The van der Waals surface area contributed by atoms with Crippen LogP contribution in [0, 0.1) is 13.8 Å². The van der Waals surface area contributed by atoms with Crippen molar-refractivity contribution in [1.82, 2.24) is 9.47 Å². The van der Waals surface area contributed by atoms with Crippen molar-refractivity contribution >= 4 is 23.3 Å². The monoisotopic (exact) mass is 368 g/mol. The molecule has 3 rings (SSSR count). The first kappa shape index (κ1) is 18.7. The summed E-state index contributed by atoms with van der Waals surface area (Å²) in [5.41, 5.74) is 2.09. The molecule has 0 atom stereocenters. The number of rotatable bonds is 4. The number of likely N-dealkylation sites (tertiary alicyclic amines) is 1. The van der Waals surface area contributed by atoms with Crippen molar-refractivity contribution in [2.24, 2.45) is 0 Å². The number of pyridine rings is 1. The van der Waals surface area contributed by atoms with Crippen molar-refractivity contribution in [3.63, 3.8) is 0 Å². The van der Waals surface area contributed by atoms with Crippen LogP contribution in [0.5, 0.6) is 0 Å². The molecule has 1 aliphatic heterocycles. The number of amides is 3. The summed E-state index contributed by atoms with van der Waals surface area (Å²) in [5.74, 6) is -0.0703. The second kappa shape index (κ2) is 8.07. The molecule has 3 amide bonds. The smallest absolute Gasteiger partial charge is 0.323 e. The zero-order chi connectivity index (χ0) is 19.4. The van der Waals surface area contributed by atoms with Gasteiger partial charge in [0.15, 0.2) is 0 Å². The van der Waals surface area contributed by atoms with E-state index < -0.39 is 6.03 Å². The first-order valence-electron chi connectivity index (χ1n) is 9.07. The molecular formula is C20H24N4O3. The number of nitrogens with one attached hydrogen (secondary N) is 2. The standard InChI is InChI=1S/C20H24N4O3/c1-14-6-5-7-16(12-14)21-20(27)22-17-9-8-15(2)24(19(17)26)13-18(25)23-10-3-4-11-23/h5-9,12H,3-4,10-11,13H2,1-2H3,(H2,21,22,27). The fraction of sp³-hybridized carbons (Fsp3) is 0.350. The molecule has 0 bridgehead atoms. The van der Waals surface area contributed by atoms with Crippen molar-refractivity contribution in [3.05, 3.63) is 58.0 Å². The Kier molecular flexibility index (Phi) is 5.59. The molecule has 1 aliphatic rings. The summed E-state index contributed by atoms with van der Waals surface area (Å²) in [6.45, 7) is 5.17. The Balaban J connectivity index is 1.73. The number of carbonyl (C=O) groups excluding carboxylic acids is 2. The fourth-order valence-electron chi connectivity index (χ4n) is 3.17. The number of anilines is 2. The first-order chi connectivity index (χ1) is 12.9. The van der Waals surface area contributed by atoms with Gasteiger partial charge in [-0.15, -0.1) is 0 Å². The van der Waals surface area contributed by atoms with Crippen molar-refractivity contribution in [2.75, 3.05) is 23.7 Å². The molecule has 0 radical (unpaired) electrons. The molecule has 2 N–H and O–H groups in total. The van der Waals surface area contributed by atoms with Gasteiger partial charge in [-0.2, -0.15) is 0 Å². The number of hydrogen-bond acceptors (Lipinski definition) is 3. The molecule has 0 aliphatic carbocycles. The van der Waals surface area contributed by atoms with Crippen LogP contribution >= 0.6 is 0 Å². The minimum Gasteiger partial charge on any atom is -0.341 e. The van der Waals surface area contributed by atoms with E-state index in [0.717, 1.165) is 31.5 Å². The lowest BCUT2D eigenvalue weighted by Crippen LogP contribution is -2.36. The van der Waals surface area contributed by atoms with Gasteiger partial charge in [0.1, 0.15) is 12.2 Å². The number of aryl methyl sites for hydroxylation is 2. The lowest BCUT2D eigenvalue weighted by molar-refractivity contribution is -0.130. The van der Waals surface area contributed by atoms with Gasteiger partial charge in [0.2, 0.25) is 5.91 Å². The average Bonchev–Trinajstić information content (AvgIpc) is 3.16. The lowest BCUT2D eigenvalue weighted by Gasteiger charge is -2.18. The molecular weight excluding hydrogens is 344 g/mol.